The fourth-order valence-corrected chi connectivity index (χ4v) is 1.52. The van der Waals surface area contributed by atoms with Crippen molar-refractivity contribution in [3.8, 4) is 5.75 Å². The van der Waals surface area contributed by atoms with Gasteiger partial charge in [0.25, 0.3) is 0 Å². The lowest BCUT2D eigenvalue weighted by atomic mass is 10.2. The van der Waals surface area contributed by atoms with Crippen molar-refractivity contribution in [1.29, 1.82) is 0 Å². The molecule has 2 aromatic rings. The second kappa shape index (κ2) is 2.79. The fourth-order valence-electron chi connectivity index (χ4n) is 1.07. The van der Waals surface area contributed by atoms with Crippen LogP contribution in [0.4, 0.5) is 0 Å². The molecule has 0 atom stereocenters. The van der Waals surface area contributed by atoms with Crippen LogP contribution >= 0.6 is 15.9 Å². The number of halogens is 1. The number of nitrogens with zero attached hydrogens (tertiary/aromatic N) is 1. The summed E-state index contributed by atoms with van der Waals surface area (Å²) in [5.74, 6) is 0.692. The van der Waals surface area contributed by atoms with E-state index in [4.69, 9.17) is 9.26 Å². The highest BCUT2D eigenvalue weighted by Crippen LogP contribution is 2.29. The van der Waals surface area contributed by atoms with Gasteiger partial charge in [-0.2, -0.15) is 0 Å². The fraction of sp³-hybridized carbons (Fsp3) is 0.125. The van der Waals surface area contributed by atoms with Crippen LogP contribution in [0.25, 0.3) is 11.0 Å². The molecule has 0 saturated heterocycles. The molecule has 4 heteroatoms. The number of hydrogen-bond acceptors (Lipinski definition) is 3. The maximum Gasteiger partial charge on any atom is 0.208 e. The molecule has 0 spiro atoms. The standard InChI is InChI=1S/C8H6BrNO2/c1-11-7-3-6(9)2-5-4-10-12-8(5)7/h2-4H,1H3. The molecule has 0 bridgehead atoms. The molecule has 12 heavy (non-hydrogen) atoms. The van der Waals surface area contributed by atoms with Crippen molar-refractivity contribution in [2.45, 2.75) is 0 Å². The number of aromatic nitrogens is 1. The number of ether oxygens (including phenoxy) is 1. The highest BCUT2D eigenvalue weighted by Gasteiger charge is 2.06. The van der Waals surface area contributed by atoms with Gasteiger partial charge in [-0.05, 0) is 12.1 Å². The van der Waals surface area contributed by atoms with Gasteiger partial charge in [-0.1, -0.05) is 21.1 Å². The Bertz CT molecular complexity index is 410. The molecule has 1 aromatic heterocycles. The lowest BCUT2D eigenvalue weighted by molar-refractivity contribution is 0.393. The summed E-state index contributed by atoms with van der Waals surface area (Å²) in [5, 5.41) is 4.61. The Morgan fingerprint density at radius 3 is 3.08 bits per heavy atom. The summed E-state index contributed by atoms with van der Waals surface area (Å²) in [6.07, 6.45) is 1.66. The Balaban J connectivity index is 2.80. The molecular weight excluding hydrogens is 222 g/mol. The van der Waals surface area contributed by atoms with Gasteiger partial charge < -0.3 is 9.26 Å². The third kappa shape index (κ3) is 1.08. The molecule has 62 valence electrons. The minimum absolute atomic E-state index is 0.681. The van der Waals surface area contributed by atoms with E-state index in [0.717, 1.165) is 9.86 Å². The molecule has 0 unspecified atom stereocenters. The minimum atomic E-state index is 0.681. The Morgan fingerprint density at radius 2 is 2.33 bits per heavy atom. The van der Waals surface area contributed by atoms with Gasteiger partial charge in [-0.15, -0.1) is 0 Å². The van der Waals surface area contributed by atoms with Crippen LogP contribution in [0, 0.1) is 0 Å². The number of fused-ring (bicyclic) bond motifs is 1. The first kappa shape index (κ1) is 7.61. The van der Waals surface area contributed by atoms with Gasteiger partial charge in [0.1, 0.15) is 0 Å². The average molecular weight is 228 g/mol. The summed E-state index contributed by atoms with van der Waals surface area (Å²) in [5.41, 5.74) is 0.681. The monoisotopic (exact) mass is 227 g/mol. The zero-order valence-corrected chi connectivity index (χ0v) is 7.96. The van der Waals surface area contributed by atoms with Crippen LogP contribution in [0.2, 0.25) is 0 Å². The van der Waals surface area contributed by atoms with E-state index in [1.165, 1.54) is 0 Å². The van der Waals surface area contributed by atoms with E-state index < -0.39 is 0 Å². The topological polar surface area (TPSA) is 35.3 Å². The van der Waals surface area contributed by atoms with Crippen molar-refractivity contribution in [2.75, 3.05) is 7.11 Å². The molecule has 0 radical (unpaired) electrons. The second-order valence-electron chi connectivity index (χ2n) is 2.35. The molecular formula is C8H6BrNO2. The SMILES string of the molecule is COc1cc(Br)cc2cnoc12. The molecule has 1 heterocycles. The van der Waals surface area contributed by atoms with Crippen LogP contribution in [0.3, 0.4) is 0 Å². The predicted octanol–water partition coefficient (Wildman–Crippen LogP) is 2.60. The number of rotatable bonds is 1. The van der Waals surface area contributed by atoms with E-state index in [9.17, 15) is 0 Å². The molecule has 0 fully saturated rings. The zero-order chi connectivity index (χ0) is 8.55. The maximum absolute atomic E-state index is 5.10. The van der Waals surface area contributed by atoms with Crippen molar-refractivity contribution in [3.63, 3.8) is 0 Å². The lowest BCUT2D eigenvalue weighted by Crippen LogP contribution is -1.82. The molecule has 0 aliphatic carbocycles. The van der Waals surface area contributed by atoms with Crippen molar-refractivity contribution in [3.05, 3.63) is 22.8 Å². The molecule has 2 rings (SSSR count). The minimum Gasteiger partial charge on any atom is -0.493 e. The molecule has 3 nitrogen and oxygen atoms in total. The van der Waals surface area contributed by atoms with Crippen molar-refractivity contribution in [2.24, 2.45) is 0 Å². The van der Waals surface area contributed by atoms with Gasteiger partial charge in [-0.3, -0.25) is 0 Å². The Labute approximate surface area is 77.4 Å². The van der Waals surface area contributed by atoms with E-state index >= 15 is 0 Å². The van der Waals surface area contributed by atoms with Crippen LogP contribution in [0.15, 0.2) is 27.3 Å². The first-order chi connectivity index (χ1) is 5.81. The van der Waals surface area contributed by atoms with E-state index in [1.807, 2.05) is 12.1 Å². The van der Waals surface area contributed by atoms with Crippen LogP contribution in [0.1, 0.15) is 0 Å². The summed E-state index contributed by atoms with van der Waals surface area (Å²) < 4.78 is 11.1. The average Bonchev–Trinajstić information content (AvgIpc) is 2.50. The highest BCUT2D eigenvalue weighted by molar-refractivity contribution is 9.10. The smallest absolute Gasteiger partial charge is 0.208 e. The molecule has 0 amide bonds. The third-order valence-corrected chi connectivity index (χ3v) is 2.06. The summed E-state index contributed by atoms with van der Waals surface area (Å²) in [4.78, 5) is 0. The van der Waals surface area contributed by atoms with Gasteiger partial charge in [-0.25, -0.2) is 0 Å². The van der Waals surface area contributed by atoms with Crippen molar-refractivity contribution >= 4 is 26.9 Å². The van der Waals surface area contributed by atoms with Crippen LogP contribution in [-0.2, 0) is 0 Å². The normalized spacial score (nSPS) is 10.5. The van der Waals surface area contributed by atoms with Gasteiger partial charge in [0.05, 0.1) is 13.3 Å². The van der Waals surface area contributed by atoms with Gasteiger partial charge in [0.15, 0.2) is 5.75 Å². The third-order valence-electron chi connectivity index (χ3n) is 1.60. The summed E-state index contributed by atoms with van der Waals surface area (Å²) in [7, 11) is 1.60. The van der Waals surface area contributed by atoms with Crippen LogP contribution in [0.5, 0.6) is 5.75 Å². The molecule has 0 aliphatic rings. The van der Waals surface area contributed by atoms with Crippen molar-refractivity contribution < 1.29 is 9.26 Å². The largest absolute Gasteiger partial charge is 0.493 e. The zero-order valence-electron chi connectivity index (χ0n) is 6.37. The Kier molecular flexibility index (Phi) is 1.77. The first-order valence-corrected chi connectivity index (χ1v) is 4.18. The lowest BCUT2D eigenvalue weighted by Gasteiger charge is -1.99. The van der Waals surface area contributed by atoms with Crippen molar-refractivity contribution in [1.82, 2.24) is 5.16 Å². The van der Waals surface area contributed by atoms with Gasteiger partial charge in [0.2, 0.25) is 5.58 Å². The number of methoxy groups -OCH3 is 1. The molecule has 0 N–H and O–H groups in total. The molecule has 0 aliphatic heterocycles. The summed E-state index contributed by atoms with van der Waals surface area (Å²) in [6, 6.07) is 3.77. The molecule has 0 saturated carbocycles. The summed E-state index contributed by atoms with van der Waals surface area (Å²) in [6.45, 7) is 0. The molecule has 1 aromatic carbocycles. The first-order valence-electron chi connectivity index (χ1n) is 3.39. The Morgan fingerprint density at radius 1 is 1.50 bits per heavy atom. The van der Waals surface area contributed by atoms with Gasteiger partial charge >= 0.3 is 0 Å². The number of hydrogen-bond donors (Lipinski definition) is 0. The predicted molar refractivity (Wildman–Crippen MR) is 48.3 cm³/mol. The van der Waals surface area contributed by atoms with E-state index in [0.29, 0.717) is 11.3 Å². The summed E-state index contributed by atoms with van der Waals surface area (Å²) >= 11 is 3.36. The van der Waals surface area contributed by atoms with E-state index in [-0.39, 0.29) is 0 Å². The van der Waals surface area contributed by atoms with Crippen LogP contribution in [-0.4, -0.2) is 12.3 Å². The van der Waals surface area contributed by atoms with Gasteiger partial charge in [0, 0.05) is 9.86 Å². The second-order valence-corrected chi connectivity index (χ2v) is 3.27. The van der Waals surface area contributed by atoms with E-state index in [1.54, 1.807) is 13.3 Å². The quantitative estimate of drug-likeness (QED) is 0.752. The Hall–Kier alpha value is -1.03. The number of benzene rings is 1. The van der Waals surface area contributed by atoms with E-state index in [2.05, 4.69) is 21.1 Å². The van der Waals surface area contributed by atoms with Crippen LogP contribution < -0.4 is 4.74 Å². The maximum atomic E-state index is 5.10. The highest BCUT2D eigenvalue weighted by atomic mass is 79.9.